The SMILES string of the molecule is O=C1[C@@H](CCCCNC(=S)Nc2ccccc2)NC(=S)N1c1ccccc1. The number of rotatable bonds is 7. The molecule has 0 aliphatic carbocycles. The van der Waals surface area contributed by atoms with Gasteiger partial charge in [-0.2, -0.15) is 0 Å². The van der Waals surface area contributed by atoms with E-state index in [4.69, 9.17) is 24.4 Å². The average molecular weight is 399 g/mol. The Morgan fingerprint density at radius 2 is 1.70 bits per heavy atom. The largest absolute Gasteiger partial charge is 0.362 e. The lowest BCUT2D eigenvalue weighted by Gasteiger charge is -2.14. The molecule has 1 heterocycles. The second kappa shape index (κ2) is 9.43. The molecule has 7 heteroatoms. The summed E-state index contributed by atoms with van der Waals surface area (Å²) in [5.41, 5.74) is 1.77. The van der Waals surface area contributed by atoms with Crippen molar-refractivity contribution >= 4 is 51.9 Å². The Labute approximate surface area is 170 Å². The van der Waals surface area contributed by atoms with Crippen LogP contribution in [0.5, 0.6) is 0 Å². The molecule has 1 atom stereocenters. The van der Waals surface area contributed by atoms with Crippen LogP contribution in [-0.4, -0.2) is 28.7 Å². The highest BCUT2D eigenvalue weighted by Gasteiger charge is 2.35. The summed E-state index contributed by atoms with van der Waals surface area (Å²) in [5, 5.41) is 10.5. The first-order chi connectivity index (χ1) is 13.1. The quantitative estimate of drug-likeness (QED) is 0.491. The molecule has 0 bridgehead atoms. The summed E-state index contributed by atoms with van der Waals surface area (Å²) in [6.45, 7) is 0.756. The van der Waals surface area contributed by atoms with Crippen molar-refractivity contribution in [1.29, 1.82) is 0 Å². The fraction of sp³-hybridized carbons (Fsp3) is 0.250. The third kappa shape index (κ3) is 5.24. The molecule has 1 saturated heterocycles. The normalized spacial score (nSPS) is 16.1. The molecular weight excluding hydrogens is 376 g/mol. The smallest absolute Gasteiger partial charge is 0.255 e. The standard InChI is InChI=1S/C20H22N4OS2/c25-18-17(23-20(27)24(18)16-11-5-2-6-12-16)13-7-8-14-21-19(26)22-15-9-3-1-4-10-15/h1-6,9-12,17H,7-8,13-14H2,(H,23,27)(H2,21,22,26)/t17-/m1/s1. The number of anilines is 2. The van der Waals surface area contributed by atoms with Crippen molar-refractivity contribution in [3.05, 3.63) is 60.7 Å². The van der Waals surface area contributed by atoms with Crippen LogP contribution in [0.2, 0.25) is 0 Å². The number of amides is 1. The van der Waals surface area contributed by atoms with Crippen LogP contribution >= 0.6 is 24.4 Å². The van der Waals surface area contributed by atoms with Crippen molar-refractivity contribution in [3.63, 3.8) is 0 Å². The van der Waals surface area contributed by atoms with Gasteiger partial charge in [0.1, 0.15) is 6.04 Å². The molecule has 0 unspecified atom stereocenters. The van der Waals surface area contributed by atoms with E-state index in [1.54, 1.807) is 4.90 Å². The first-order valence-corrected chi connectivity index (χ1v) is 9.76. The van der Waals surface area contributed by atoms with Crippen LogP contribution in [-0.2, 0) is 4.79 Å². The minimum atomic E-state index is -0.257. The summed E-state index contributed by atoms with van der Waals surface area (Å²) in [7, 11) is 0. The van der Waals surface area contributed by atoms with Crippen LogP contribution in [0.25, 0.3) is 0 Å². The van der Waals surface area contributed by atoms with Gasteiger partial charge >= 0.3 is 0 Å². The van der Waals surface area contributed by atoms with Crippen LogP contribution in [0.15, 0.2) is 60.7 Å². The Hall–Kier alpha value is -2.51. The van der Waals surface area contributed by atoms with Crippen molar-refractivity contribution in [2.24, 2.45) is 0 Å². The molecule has 2 aromatic carbocycles. The zero-order valence-electron chi connectivity index (χ0n) is 14.9. The van der Waals surface area contributed by atoms with Gasteiger partial charge in [-0.25, -0.2) is 0 Å². The third-order valence-electron chi connectivity index (χ3n) is 4.27. The van der Waals surface area contributed by atoms with E-state index >= 15 is 0 Å². The topological polar surface area (TPSA) is 56.4 Å². The van der Waals surface area contributed by atoms with E-state index in [9.17, 15) is 4.79 Å². The lowest BCUT2D eigenvalue weighted by atomic mass is 10.1. The summed E-state index contributed by atoms with van der Waals surface area (Å²) in [6, 6.07) is 19.0. The van der Waals surface area contributed by atoms with Crippen molar-refractivity contribution in [1.82, 2.24) is 10.6 Å². The van der Waals surface area contributed by atoms with E-state index in [1.165, 1.54) is 0 Å². The van der Waals surface area contributed by atoms with Gasteiger partial charge in [0.15, 0.2) is 10.2 Å². The van der Waals surface area contributed by atoms with Gasteiger partial charge in [-0.1, -0.05) is 36.4 Å². The van der Waals surface area contributed by atoms with E-state index in [1.807, 2.05) is 60.7 Å². The van der Waals surface area contributed by atoms with E-state index in [0.717, 1.165) is 37.2 Å². The summed E-state index contributed by atoms with van der Waals surface area (Å²) in [4.78, 5) is 14.2. The zero-order valence-corrected chi connectivity index (χ0v) is 16.5. The van der Waals surface area contributed by atoms with Gasteiger partial charge in [0.05, 0.1) is 5.69 Å². The van der Waals surface area contributed by atoms with E-state index < -0.39 is 0 Å². The molecule has 1 aliphatic rings. The van der Waals surface area contributed by atoms with Crippen molar-refractivity contribution in [3.8, 4) is 0 Å². The van der Waals surface area contributed by atoms with Gasteiger partial charge in [-0.3, -0.25) is 9.69 Å². The van der Waals surface area contributed by atoms with Gasteiger partial charge in [0.2, 0.25) is 0 Å². The summed E-state index contributed by atoms with van der Waals surface area (Å²) >= 11 is 10.6. The number of thiocarbonyl (C=S) groups is 2. The predicted octanol–water partition coefficient (Wildman–Crippen LogP) is 3.43. The van der Waals surface area contributed by atoms with E-state index in [2.05, 4.69) is 16.0 Å². The summed E-state index contributed by atoms with van der Waals surface area (Å²) in [5.74, 6) is 0.0143. The summed E-state index contributed by atoms with van der Waals surface area (Å²) < 4.78 is 0. The maximum Gasteiger partial charge on any atom is 0.255 e. The predicted molar refractivity (Wildman–Crippen MR) is 118 cm³/mol. The fourth-order valence-electron chi connectivity index (χ4n) is 2.92. The molecule has 0 radical (unpaired) electrons. The number of para-hydroxylation sites is 2. The number of unbranched alkanes of at least 4 members (excludes halogenated alkanes) is 1. The molecule has 140 valence electrons. The van der Waals surface area contributed by atoms with Crippen LogP contribution < -0.4 is 20.9 Å². The first-order valence-electron chi connectivity index (χ1n) is 8.94. The van der Waals surface area contributed by atoms with Gasteiger partial charge in [0.25, 0.3) is 5.91 Å². The second-order valence-corrected chi connectivity index (χ2v) is 7.05. The highest BCUT2D eigenvalue weighted by Crippen LogP contribution is 2.21. The molecule has 0 aromatic heterocycles. The summed E-state index contributed by atoms with van der Waals surface area (Å²) in [6.07, 6.45) is 2.55. The molecule has 3 rings (SSSR count). The number of hydrogen-bond acceptors (Lipinski definition) is 3. The monoisotopic (exact) mass is 398 g/mol. The molecular formula is C20H22N4OS2. The van der Waals surface area contributed by atoms with Crippen LogP contribution in [0.3, 0.4) is 0 Å². The van der Waals surface area contributed by atoms with Crippen molar-refractivity contribution < 1.29 is 4.79 Å². The fourth-order valence-corrected chi connectivity index (χ4v) is 3.48. The Morgan fingerprint density at radius 1 is 1.04 bits per heavy atom. The Balaban J connectivity index is 1.38. The first kappa shape index (κ1) is 19.3. The van der Waals surface area contributed by atoms with Gasteiger partial charge in [0, 0.05) is 12.2 Å². The van der Waals surface area contributed by atoms with Gasteiger partial charge < -0.3 is 16.0 Å². The van der Waals surface area contributed by atoms with Gasteiger partial charge in [-0.05, 0) is 68.0 Å². The number of nitrogens with one attached hydrogen (secondary N) is 3. The number of carbonyl (C=O) groups is 1. The third-order valence-corrected chi connectivity index (χ3v) is 4.82. The number of benzene rings is 2. The number of nitrogens with zero attached hydrogens (tertiary/aromatic N) is 1. The molecule has 5 nitrogen and oxygen atoms in total. The highest BCUT2D eigenvalue weighted by molar-refractivity contribution is 7.80. The highest BCUT2D eigenvalue weighted by atomic mass is 32.1. The minimum absolute atomic E-state index is 0.0143. The Kier molecular flexibility index (Phi) is 6.73. The Bertz CT molecular complexity index is 798. The maximum absolute atomic E-state index is 12.6. The van der Waals surface area contributed by atoms with Crippen molar-refractivity contribution in [2.75, 3.05) is 16.8 Å². The van der Waals surface area contributed by atoms with E-state index in [0.29, 0.717) is 10.2 Å². The Morgan fingerprint density at radius 3 is 2.41 bits per heavy atom. The number of carbonyl (C=O) groups excluding carboxylic acids is 1. The second-order valence-electron chi connectivity index (χ2n) is 6.25. The van der Waals surface area contributed by atoms with Crippen molar-refractivity contribution in [2.45, 2.75) is 25.3 Å². The molecule has 1 fully saturated rings. The molecule has 2 aromatic rings. The minimum Gasteiger partial charge on any atom is -0.362 e. The number of hydrogen-bond donors (Lipinski definition) is 3. The zero-order chi connectivity index (χ0) is 19.1. The average Bonchev–Trinajstić information content (AvgIpc) is 2.96. The molecule has 1 amide bonds. The molecule has 0 spiro atoms. The van der Waals surface area contributed by atoms with E-state index in [-0.39, 0.29) is 11.9 Å². The van der Waals surface area contributed by atoms with Crippen LogP contribution in [0.1, 0.15) is 19.3 Å². The molecule has 1 aliphatic heterocycles. The lowest BCUT2D eigenvalue weighted by molar-refractivity contribution is -0.118. The van der Waals surface area contributed by atoms with Gasteiger partial charge in [-0.15, -0.1) is 0 Å². The maximum atomic E-state index is 12.6. The van der Waals surface area contributed by atoms with Crippen LogP contribution in [0.4, 0.5) is 11.4 Å². The van der Waals surface area contributed by atoms with Crippen LogP contribution in [0, 0.1) is 0 Å². The molecule has 3 N–H and O–H groups in total. The molecule has 0 saturated carbocycles. The lowest BCUT2D eigenvalue weighted by Crippen LogP contribution is -2.31. The molecule has 27 heavy (non-hydrogen) atoms.